The van der Waals surface area contributed by atoms with E-state index in [4.69, 9.17) is 46.4 Å². The van der Waals surface area contributed by atoms with E-state index in [9.17, 15) is 39.0 Å². The minimum Gasteiger partial charge on any atom is -0.506 e. The summed E-state index contributed by atoms with van der Waals surface area (Å²) in [6.07, 6.45) is 12.0. The van der Waals surface area contributed by atoms with Crippen LogP contribution in [0.4, 0.5) is 0 Å². The van der Waals surface area contributed by atoms with E-state index in [0.29, 0.717) is 27.1 Å². The number of hydrogen-bond donors (Lipinski definition) is 2. The van der Waals surface area contributed by atoms with E-state index in [0.717, 1.165) is 18.4 Å². The number of rotatable bonds is 6. The summed E-state index contributed by atoms with van der Waals surface area (Å²) >= 11 is 25.7. The third-order valence-electron chi connectivity index (χ3n) is 11.9. The monoisotopic (exact) mass is 904 g/mol. The van der Waals surface area contributed by atoms with Crippen LogP contribution in [-0.4, -0.2) is 44.9 Å². The molecule has 0 amide bonds. The normalized spacial score (nSPS) is 19.8. The van der Waals surface area contributed by atoms with Crippen molar-refractivity contribution in [1.82, 2.24) is 0 Å². The van der Waals surface area contributed by atoms with E-state index in [1.807, 2.05) is 42.5 Å². The number of ketones is 6. The molecule has 0 atom stereocenters. The van der Waals surface area contributed by atoms with Crippen molar-refractivity contribution in [3.8, 4) is 0 Å². The van der Waals surface area contributed by atoms with Crippen molar-refractivity contribution < 1.29 is 39.0 Å². The van der Waals surface area contributed by atoms with E-state index in [2.05, 4.69) is 6.08 Å². The number of aliphatic hydroxyl groups excluding tert-OH is 2. The summed E-state index contributed by atoms with van der Waals surface area (Å²) in [4.78, 5) is 77.3. The molecule has 3 aliphatic carbocycles. The molecule has 0 aliphatic heterocycles. The maximum Gasteiger partial charge on any atom is 0.183 e. The highest BCUT2D eigenvalue weighted by atomic mass is 35.5. The molecule has 3 aromatic carbocycles. The molecular formula is C49H48Cl4O8. The Bertz CT molecular complexity index is 2430. The lowest BCUT2D eigenvalue weighted by Gasteiger charge is -2.37. The topological polar surface area (TPSA) is 143 Å². The largest absolute Gasteiger partial charge is 0.506 e. The van der Waals surface area contributed by atoms with Crippen LogP contribution in [0.2, 0.25) is 20.1 Å². The van der Waals surface area contributed by atoms with Gasteiger partial charge >= 0.3 is 0 Å². The van der Waals surface area contributed by atoms with Crippen LogP contribution in [0.25, 0.3) is 29.7 Å². The standard InChI is InChI=1S/C25H22Cl2O4.C24H26Cl2O4/c1-24(2)21(29)18(22(30)25(3,4)23(24)31)20(28)16-12-13-17(26)15(19(16)27)11-10-14-8-6-5-7-9-14;1-23(2)20(28)17(21(29)24(3,4)22(23)30)19(27)15-11-12-16(25)14(18(15)26)10-9-13-7-5-6-8-13/h5-13,28H,1-4H3;9-13,27H,5-8H2,1-4H3/b11-10+;10-9+. The van der Waals surface area contributed by atoms with E-state index in [1.165, 1.54) is 86.4 Å². The molecule has 3 aromatic rings. The van der Waals surface area contributed by atoms with Crippen LogP contribution < -0.4 is 0 Å². The van der Waals surface area contributed by atoms with Crippen molar-refractivity contribution in [2.75, 3.05) is 0 Å². The lowest BCUT2D eigenvalue weighted by molar-refractivity contribution is -0.153. The second-order valence-corrected chi connectivity index (χ2v) is 19.3. The van der Waals surface area contributed by atoms with Crippen LogP contribution in [0.5, 0.6) is 0 Å². The quantitative estimate of drug-likeness (QED) is 0.0818. The van der Waals surface area contributed by atoms with Crippen molar-refractivity contribution in [2.24, 2.45) is 27.6 Å². The first kappa shape index (κ1) is 47.4. The van der Waals surface area contributed by atoms with Gasteiger partial charge in [0.15, 0.2) is 34.7 Å². The number of halogens is 4. The molecule has 61 heavy (non-hydrogen) atoms. The number of allylic oxidation sites excluding steroid dienone is 3. The smallest absolute Gasteiger partial charge is 0.183 e. The Kier molecular flexibility index (Phi) is 13.7. The summed E-state index contributed by atoms with van der Waals surface area (Å²) in [7, 11) is 0. The van der Waals surface area contributed by atoms with E-state index in [1.54, 1.807) is 12.1 Å². The first-order valence-electron chi connectivity index (χ1n) is 19.8. The second kappa shape index (κ2) is 17.6. The summed E-state index contributed by atoms with van der Waals surface area (Å²) in [5.41, 5.74) is -4.44. The third kappa shape index (κ3) is 8.75. The SMILES string of the molecule is CC1(C)C(=O)C(=C(O)c2ccc(Cl)c(/C=C/C3CCCC3)c2Cl)C(=O)C(C)(C)C1=O.CC1(C)C(=O)C(=C(O)c2ccc(Cl)c(/C=C/c3ccccc3)c2Cl)C(=O)C(C)(C)C1=O. The molecule has 0 radical (unpaired) electrons. The zero-order chi connectivity index (χ0) is 45.6. The molecule has 8 nitrogen and oxygen atoms in total. The third-order valence-corrected chi connectivity index (χ3v) is 13.3. The molecule has 0 aromatic heterocycles. The molecule has 0 unspecified atom stereocenters. The second-order valence-electron chi connectivity index (χ2n) is 17.7. The molecule has 3 fully saturated rings. The predicted molar refractivity (Wildman–Crippen MR) is 244 cm³/mol. The molecule has 3 saturated carbocycles. The van der Waals surface area contributed by atoms with Crippen LogP contribution in [0.3, 0.4) is 0 Å². The Morgan fingerprint density at radius 1 is 0.525 bits per heavy atom. The lowest BCUT2D eigenvalue weighted by atomic mass is 9.60. The molecule has 0 bridgehead atoms. The minimum atomic E-state index is -1.45. The van der Waals surface area contributed by atoms with Crippen molar-refractivity contribution in [1.29, 1.82) is 0 Å². The van der Waals surface area contributed by atoms with E-state index in [-0.39, 0.29) is 26.7 Å². The lowest BCUT2D eigenvalue weighted by Crippen LogP contribution is -2.54. The van der Waals surface area contributed by atoms with Gasteiger partial charge in [-0.15, -0.1) is 0 Å². The molecule has 12 heteroatoms. The van der Waals surface area contributed by atoms with Gasteiger partial charge in [-0.25, -0.2) is 0 Å². The molecule has 0 heterocycles. The Hall–Kier alpha value is -4.60. The van der Waals surface area contributed by atoms with Gasteiger partial charge in [0.2, 0.25) is 0 Å². The van der Waals surface area contributed by atoms with Crippen LogP contribution in [-0.2, 0) is 28.8 Å². The van der Waals surface area contributed by atoms with Crippen LogP contribution in [0, 0.1) is 27.6 Å². The summed E-state index contributed by atoms with van der Waals surface area (Å²) in [6, 6.07) is 15.5. The van der Waals surface area contributed by atoms with Gasteiger partial charge in [0.05, 0.1) is 31.7 Å². The number of aliphatic hydroxyl groups is 2. The summed E-state index contributed by atoms with van der Waals surface area (Å²) in [5.74, 6) is -4.44. The highest BCUT2D eigenvalue weighted by Crippen LogP contribution is 2.46. The van der Waals surface area contributed by atoms with Gasteiger partial charge in [0.25, 0.3) is 0 Å². The minimum absolute atomic E-state index is 0.0939. The number of Topliss-reactive ketones (excluding diaryl/α,β-unsaturated/α-hetero) is 6. The fourth-order valence-electron chi connectivity index (χ4n) is 8.07. The van der Waals surface area contributed by atoms with Gasteiger partial charge in [0, 0.05) is 32.3 Å². The van der Waals surface area contributed by atoms with Gasteiger partial charge < -0.3 is 10.2 Å². The summed E-state index contributed by atoms with van der Waals surface area (Å²) in [6.45, 7) is 11.7. The maximum atomic E-state index is 13.0. The highest BCUT2D eigenvalue weighted by molar-refractivity contribution is 6.43. The number of benzene rings is 3. The molecule has 2 N–H and O–H groups in total. The van der Waals surface area contributed by atoms with Gasteiger partial charge in [-0.05, 0) is 104 Å². The Labute approximate surface area is 376 Å². The maximum absolute atomic E-state index is 13.0. The molecule has 3 aliphatic rings. The van der Waals surface area contributed by atoms with Crippen LogP contribution in [0.1, 0.15) is 109 Å². The average molecular weight is 907 g/mol. The zero-order valence-electron chi connectivity index (χ0n) is 35.3. The van der Waals surface area contributed by atoms with Gasteiger partial charge in [-0.1, -0.05) is 114 Å². The van der Waals surface area contributed by atoms with E-state index >= 15 is 0 Å². The number of hydrogen-bond acceptors (Lipinski definition) is 8. The van der Waals surface area contributed by atoms with Gasteiger partial charge in [0.1, 0.15) is 22.7 Å². The molecular weight excluding hydrogens is 858 g/mol. The van der Waals surface area contributed by atoms with Crippen molar-refractivity contribution >= 4 is 111 Å². The number of carbonyl (C=O) groups is 6. The Morgan fingerprint density at radius 3 is 1.26 bits per heavy atom. The Morgan fingerprint density at radius 2 is 0.885 bits per heavy atom. The molecule has 0 spiro atoms. The van der Waals surface area contributed by atoms with Crippen molar-refractivity contribution in [3.63, 3.8) is 0 Å². The van der Waals surface area contributed by atoms with Crippen molar-refractivity contribution in [3.05, 3.63) is 120 Å². The van der Waals surface area contributed by atoms with Gasteiger partial charge in [-0.2, -0.15) is 0 Å². The summed E-state index contributed by atoms with van der Waals surface area (Å²) < 4.78 is 0. The van der Waals surface area contributed by atoms with Crippen LogP contribution in [0.15, 0.2) is 71.8 Å². The fraction of sp³-hybridized carbons (Fsp3) is 0.347. The summed E-state index contributed by atoms with van der Waals surface area (Å²) in [5, 5.41) is 23.0. The first-order chi connectivity index (χ1) is 28.3. The number of carbonyl (C=O) groups excluding carboxylic acids is 6. The molecule has 6 rings (SSSR count). The first-order valence-corrected chi connectivity index (χ1v) is 21.4. The average Bonchev–Trinajstić information content (AvgIpc) is 3.73. The Balaban J connectivity index is 0.000000231. The predicted octanol–water partition coefficient (Wildman–Crippen LogP) is 12.4. The molecule has 320 valence electrons. The fourth-order valence-corrected chi connectivity index (χ4v) is 9.24. The van der Waals surface area contributed by atoms with Crippen molar-refractivity contribution in [2.45, 2.75) is 81.1 Å². The zero-order valence-corrected chi connectivity index (χ0v) is 38.3. The van der Waals surface area contributed by atoms with Gasteiger partial charge in [-0.3, -0.25) is 28.8 Å². The molecule has 0 saturated heterocycles. The van der Waals surface area contributed by atoms with Crippen LogP contribution >= 0.6 is 46.4 Å². The van der Waals surface area contributed by atoms with E-state index < -0.39 is 73.5 Å². The highest BCUT2D eigenvalue weighted by Gasteiger charge is 2.58.